The molecule has 0 spiro atoms. The molecule has 0 radical (unpaired) electrons. The standard InChI is InChI=1S/C21H22FNO3/c22-17-3-1-16(2-4-17)19-8-18(23-26-19)12-25-20(24)21-9-13-5-14(10-21)7-15(6-13)11-21/h1-4,8,13-15H,5-7,9-12H2. The molecule has 0 amide bonds. The minimum Gasteiger partial charge on any atom is -0.459 e. The number of carbonyl (C=O) groups is 1. The highest BCUT2D eigenvalue weighted by Gasteiger charge is 2.55. The summed E-state index contributed by atoms with van der Waals surface area (Å²) in [5.74, 6) is 2.34. The molecule has 1 aromatic carbocycles. The van der Waals surface area contributed by atoms with E-state index in [0.717, 1.165) is 24.8 Å². The van der Waals surface area contributed by atoms with Crippen molar-refractivity contribution in [3.8, 4) is 11.3 Å². The molecule has 2 aromatic rings. The van der Waals surface area contributed by atoms with Crippen LogP contribution in [0, 0.1) is 29.0 Å². The highest BCUT2D eigenvalue weighted by molar-refractivity contribution is 5.77. The first kappa shape index (κ1) is 16.0. The molecule has 0 aliphatic heterocycles. The van der Waals surface area contributed by atoms with Gasteiger partial charge in [-0.15, -0.1) is 0 Å². The number of halogens is 1. The van der Waals surface area contributed by atoms with Gasteiger partial charge >= 0.3 is 5.97 Å². The van der Waals surface area contributed by atoms with Crippen LogP contribution in [-0.2, 0) is 16.1 Å². The molecule has 0 unspecified atom stereocenters. The summed E-state index contributed by atoms with van der Waals surface area (Å²) in [6.45, 7) is 0.130. The Kier molecular flexibility index (Phi) is 3.66. The molecule has 0 N–H and O–H groups in total. The summed E-state index contributed by atoms with van der Waals surface area (Å²) in [7, 11) is 0. The highest BCUT2D eigenvalue weighted by Crippen LogP contribution is 2.60. The lowest BCUT2D eigenvalue weighted by Crippen LogP contribution is -2.50. The lowest BCUT2D eigenvalue weighted by atomic mass is 9.49. The maximum atomic E-state index is 13.0. The number of rotatable bonds is 4. The Hall–Kier alpha value is -2.17. The number of ether oxygens (including phenoxy) is 1. The van der Waals surface area contributed by atoms with Crippen LogP contribution >= 0.6 is 0 Å². The van der Waals surface area contributed by atoms with Gasteiger partial charge in [-0.3, -0.25) is 4.79 Å². The van der Waals surface area contributed by atoms with Crippen molar-refractivity contribution in [2.24, 2.45) is 23.2 Å². The van der Waals surface area contributed by atoms with E-state index in [4.69, 9.17) is 9.26 Å². The fourth-order valence-electron chi connectivity index (χ4n) is 5.78. The second kappa shape index (κ2) is 5.93. The molecule has 4 bridgehead atoms. The Bertz CT molecular complexity index is 791. The van der Waals surface area contributed by atoms with Crippen molar-refractivity contribution in [1.82, 2.24) is 5.16 Å². The van der Waals surface area contributed by atoms with E-state index in [-0.39, 0.29) is 23.8 Å². The first-order valence-corrected chi connectivity index (χ1v) is 9.48. The third kappa shape index (κ3) is 2.74. The molecule has 6 rings (SSSR count). The number of benzene rings is 1. The monoisotopic (exact) mass is 355 g/mol. The fraction of sp³-hybridized carbons (Fsp3) is 0.524. The molecule has 4 saturated carbocycles. The zero-order valence-corrected chi connectivity index (χ0v) is 14.6. The minimum atomic E-state index is -0.294. The predicted molar refractivity (Wildman–Crippen MR) is 92.3 cm³/mol. The summed E-state index contributed by atoms with van der Waals surface area (Å²) in [5.41, 5.74) is 1.08. The molecule has 5 heteroatoms. The average molecular weight is 355 g/mol. The Morgan fingerprint density at radius 1 is 1.12 bits per heavy atom. The van der Waals surface area contributed by atoms with Crippen LogP contribution in [-0.4, -0.2) is 11.1 Å². The second-order valence-corrected chi connectivity index (χ2v) is 8.46. The first-order chi connectivity index (χ1) is 12.6. The minimum absolute atomic E-state index is 0.0528. The van der Waals surface area contributed by atoms with E-state index < -0.39 is 0 Å². The van der Waals surface area contributed by atoms with Crippen LogP contribution < -0.4 is 0 Å². The lowest BCUT2D eigenvalue weighted by Gasteiger charge is -2.55. The van der Waals surface area contributed by atoms with E-state index in [9.17, 15) is 9.18 Å². The number of nitrogens with zero attached hydrogens (tertiary/aromatic N) is 1. The number of hydrogen-bond acceptors (Lipinski definition) is 4. The Labute approximate surface area is 151 Å². The quantitative estimate of drug-likeness (QED) is 0.743. The van der Waals surface area contributed by atoms with Crippen molar-refractivity contribution in [2.45, 2.75) is 45.1 Å². The van der Waals surface area contributed by atoms with Gasteiger partial charge in [-0.05, 0) is 80.5 Å². The summed E-state index contributed by atoms with van der Waals surface area (Å²) >= 11 is 0. The largest absolute Gasteiger partial charge is 0.459 e. The van der Waals surface area contributed by atoms with Crippen molar-refractivity contribution >= 4 is 5.97 Å². The van der Waals surface area contributed by atoms with Crippen LogP contribution in [0.25, 0.3) is 11.3 Å². The van der Waals surface area contributed by atoms with Gasteiger partial charge in [0.05, 0.1) is 5.41 Å². The number of hydrogen-bond donors (Lipinski definition) is 0. The van der Waals surface area contributed by atoms with Crippen molar-refractivity contribution < 1.29 is 18.4 Å². The molecule has 1 heterocycles. The third-order valence-corrected chi connectivity index (χ3v) is 6.51. The van der Waals surface area contributed by atoms with Gasteiger partial charge in [0.2, 0.25) is 0 Å². The van der Waals surface area contributed by atoms with Crippen LogP contribution in [0.2, 0.25) is 0 Å². The van der Waals surface area contributed by atoms with Gasteiger partial charge in [0.1, 0.15) is 18.1 Å². The van der Waals surface area contributed by atoms with E-state index in [1.807, 2.05) is 0 Å². The zero-order valence-electron chi connectivity index (χ0n) is 14.6. The number of carbonyl (C=O) groups excluding carboxylic acids is 1. The first-order valence-electron chi connectivity index (χ1n) is 9.48. The molecule has 4 aliphatic rings. The normalized spacial score (nSPS) is 32.0. The molecule has 0 atom stereocenters. The molecule has 1 aromatic heterocycles. The van der Waals surface area contributed by atoms with E-state index in [0.29, 0.717) is 29.2 Å². The molecule has 4 nitrogen and oxygen atoms in total. The van der Waals surface area contributed by atoms with Gasteiger partial charge in [-0.25, -0.2) is 4.39 Å². The summed E-state index contributed by atoms with van der Waals surface area (Å²) < 4.78 is 24.0. The molecular formula is C21H22FNO3. The smallest absolute Gasteiger partial charge is 0.312 e. The summed E-state index contributed by atoms with van der Waals surface area (Å²) in [4.78, 5) is 12.9. The van der Waals surface area contributed by atoms with Gasteiger partial charge < -0.3 is 9.26 Å². The maximum Gasteiger partial charge on any atom is 0.312 e. The third-order valence-electron chi connectivity index (χ3n) is 6.51. The lowest BCUT2D eigenvalue weighted by molar-refractivity contribution is -0.173. The maximum absolute atomic E-state index is 13.0. The SMILES string of the molecule is O=C(OCc1cc(-c2ccc(F)cc2)on1)C12CC3CC(CC(C3)C1)C2. The zero-order chi connectivity index (χ0) is 17.7. The van der Waals surface area contributed by atoms with Crippen molar-refractivity contribution in [2.75, 3.05) is 0 Å². The Morgan fingerprint density at radius 3 is 2.35 bits per heavy atom. The number of esters is 1. The highest BCUT2D eigenvalue weighted by atomic mass is 19.1. The fourth-order valence-corrected chi connectivity index (χ4v) is 5.78. The van der Waals surface area contributed by atoms with Crippen LogP contribution in [0.1, 0.15) is 44.2 Å². The Balaban J connectivity index is 1.25. The number of aromatic nitrogens is 1. The molecular weight excluding hydrogens is 333 g/mol. The Morgan fingerprint density at radius 2 is 1.73 bits per heavy atom. The topological polar surface area (TPSA) is 52.3 Å². The van der Waals surface area contributed by atoms with Gasteiger partial charge in [-0.1, -0.05) is 5.16 Å². The molecule has 4 fully saturated rings. The van der Waals surface area contributed by atoms with E-state index >= 15 is 0 Å². The second-order valence-electron chi connectivity index (χ2n) is 8.46. The molecule has 26 heavy (non-hydrogen) atoms. The molecule has 0 saturated heterocycles. The van der Waals surface area contributed by atoms with Crippen LogP contribution in [0.15, 0.2) is 34.9 Å². The summed E-state index contributed by atoms with van der Waals surface area (Å²) in [6, 6.07) is 7.79. The van der Waals surface area contributed by atoms with Gasteiger partial charge in [0.15, 0.2) is 5.76 Å². The van der Waals surface area contributed by atoms with Crippen LogP contribution in [0.3, 0.4) is 0 Å². The van der Waals surface area contributed by atoms with E-state index in [1.165, 1.54) is 31.4 Å². The van der Waals surface area contributed by atoms with Crippen molar-refractivity contribution in [3.05, 3.63) is 41.8 Å². The molecule has 136 valence electrons. The van der Waals surface area contributed by atoms with E-state index in [2.05, 4.69) is 5.16 Å². The van der Waals surface area contributed by atoms with Crippen molar-refractivity contribution in [3.63, 3.8) is 0 Å². The average Bonchev–Trinajstić information content (AvgIpc) is 3.08. The van der Waals surface area contributed by atoms with Crippen LogP contribution in [0.5, 0.6) is 0 Å². The van der Waals surface area contributed by atoms with Crippen LogP contribution in [0.4, 0.5) is 4.39 Å². The van der Waals surface area contributed by atoms with Crippen molar-refractivity contribution in [1.29, 1.82) is 0 Å². The molecule has 4 aliphatic carbocycles. The predicted octanol–water partition coefficient (Wildman–Crippen LogP) is 4.74. The van der Waals surface area contributed by atoms with Gasteiger partial charge in [0.25, 0.3) is 0 Å². The van der Waals surface area contributed by atoms with Gasteiger partial charge in [0, 0.05) is 11.6 Å². The van der Waals surface area contributed by atoms with Gasteiger partial charge in [-0.2, -0.15) is 0 Å². The summed E-state index contributed by atoms with van der Waals surface area (Å²) in [5, 5.41) is 3.99. The van der Waals surface area contributed by atoms with E-state index in [1.54, 1.807) is 18.2 Å². The summed E-state index contributed by atoms with van der Waals surface area (Å²) in [6.07, 6.45) is 6.90.